The Kier molecular flexibility index (Phi) is 5.19. The van der Waals surface area contributed by atoms with Crippen LogP contribution in [0.15, 0.2) is 18.5 Å². The van der Waals surface area contributed by atoms with Crippen molar-refractivity contribution < 1.29 is 9.90 Å². The Hall–Kier alpha value is -1.46. The first-order valence-corrected chi connectivity index (χ1v) is 13.4. The average Bonchev–Trinajstić information content (AvgIpc) is 3.32. The van der Waals surface area contributed by atoms with E-state index in [0.29, 0.717) is 29.3 Å². The molecule has 8 unspecified atom stereocenters. The first-order chi connectivity index (χ1) is 15.7. The van der Waals surface area contributed by atoms with Crippen molar-refractivity contribution in [3.63, 3.8) is 0 Å². The lowest BCUT2D eigenvalue weighted by Gasteiger charge is -2.56. The molecule has 0 spiro atoms. The van der Waals surface area contributed by atoms with Crippen LogP contribution in [0.25, 0.3) is 10.9 Å². The lowest BCUT2D eigenvalue weighted by molar-refractivity contribution is -0.133. The highest BCUT2D eigenvalue weighted by Crippen LogP contribution is 2.64. The van der Waals surface area contributed by atoms with Crippen LogP contribution in [0.3, 0.4) is 0 Å². The fraction of sp³-hybridized carbons (Fsp3) is 0.741. The number of pyridine rings is 1. The van der Waals surface area contributed by atoms with Gasteiger partial charge in [0.25, 0.3) is 0 Å². The minimum Gasteiger partial charge on any atom is -0.390 e. The van der Waals surface area contributed by atoms with Crippen LogP contribution in [-0.4, -0.2) is 31.3 Å². The molecule has 6 rings (SSSR count). The largest absolute Gasteiger partial charge is 0.390 e. The van der Waals surface area contributed by atoms with Crippen molar-refractivity contribution in [1.82, 2.24) is 14.8 Å². The van der Waals surface area contributed by atoms with Crippen molar-refractivity contribution >= 4 is 28.3 Å². The Morgan fingerprint density at radius 1 is 1.09 bits per heavy atom. The summed E-state index contributed by atoms with van der Waals surface area (Å²) in [5.74, 6) is 4.20. The molecule has 4 aliphatic carbocycles. The summed E-state index contributed by atoms with van der Waals surface area (Å²) in [7, 11) is 0. The highest BCUT2D eigenvalue weighted by Gasteiger charge is 2.58. The van der Waals surface area contributed by atoms with Gasteiger partial charge in [-0.2, -0.15) is 5.10 Å². The molecule has 2 heterocycles. The molecular weight excluding hydrogens is 434 g/mol. The van der Waals surface area contributed by atoms with Crippen LogP contribution >= 0.6 is 11.6 Å². The third-order valence-electron chi connectivity index (χ3n) is 10.4. The number of hydrogen-bond donors (Lipinski definition) is 1. The van der Waals surface area contributed by atoms with Crippen LogP contribution in [0, 0.1) is 40.9 Å². The number of hydrogen-bond acceptors (Lipinski definition) is 4. The smallest absolute Gasteiger partial charge is 0.157 e. The van der Waals surface area contributed by atoms with E-state index >= 15 is 0 Å². The van der Waals surface area contributed by atoms with Gasteiger partial charge in [0.15, 0.2) is 5.78 Å². The van der Waals surface area contributed by atoms with Gasteiger partial charge in [-0.3, -0.25) is 9.48 Å². The summed E-state index contributed by atoms with van der Waals surface area (Å²) in [4.78, 5) is 17.8. The number of fused-ring (bicyclic) bond motifs is 6. The summed E-state index contributed by atoms with van der Waals surface area (Å²) in [6, 6.07) is 1.81. The molecular formula is C27H36ClN3O2. The summed E-state index contributed by atoms with van der Waals surface area (Å²) in [6.45, 7) is 4.78. The van der Waals surface area contributed by atoms with Gasteiger partial charge >= 0.3 is 0 Å². The predicted molar refractivity (Wildman–Crippen MR) is 129 cm³/mol. The third kappa shape index (κ3) is 3.56. The van der Waals surface area contributed by atoms with Crippen molar-refractivity contribution in [1.29, 1.82) is 0 Å². The number of rotatable bonds is 3. The molecule has 5 nitrogen and oxygen atoms in total. The van der Waals surface area contributed by atoms with Crippen molar-refractivity contribution in [3.8, 4) is 0 Å². The second-order valence-electron chi connectivity index (χ2n) is 12.2. The Balaban J connectivity index is 1.19. The number of carbonyl (C=O) groups is 1. The Labute approximate surface area is 201 Å². The van der Waals surface area contributed by atoms with E-state index in [1.165, 1.54) is 38.5 Å². The molecule has 0 radical (unpaired) electrons. The first kappa shape index (κ1) is 22.0. The monoisotopic (exact) mass is 469 g/mol. The summed E-state index contributed by atoms with van der Waals surface area (Å²) in [5.41, 5.74) is 0.540. The first-order valence-electron chi connectivity index (χ1n) is 13.0. The van der Waals surface area contributed by atoms with E-state index in [9.17, 15) is 9.90 Å². The van der Waals surface area contributed by atoms with Crippen LogP contribution < -0.4 is 0 Å². The van der Waals surface area contributed by atoms with Gasteiger partial charge in [0, 0.05) is 11.3 Å². The molecule has 0 amide bonds. The second-order valence-corrected chi connectivity index (χ2v) is 12.6. The van der Waals surface area contributed by atoms with Gasteiger partial charge in [0.2, 0.25) is 0 Å². The van der Waals surface area contributed by atoms with Gasteiger partial charge in [-0.1, -0.05) is 18.5 Å². The highest BCUT2D eigenvalue weighted by atomic mass is 35.5. The highest BCUT2D eigenvalue weighted by molar-refractivity contribution is 6.30. The van der Waals surface area contributed by atoms with Gasteiger partial charge in [0.1, 0.15) is 11.7 Å². The molecule has 0 aliphatic heterocycles. The number of carbonyl (C=O) groups excluding carboxylic acids is 1. The number of aromatic nitrogens is 3. The Morgan fingerprint density at radius 3 is 2.76 bits per heavy atom. The van der Waals surface area contributed by atoms with Crippen LogP contribution in [0.5, 0.6) is 0 Å². The van der Waals surface area contributed by atoms with Crippen LogP contribution in [0.2, 0.25) is 5.15 Å². The van der Waals surface area contributed by atoms with Crippen molar-refractivity contribution in [2.45, 2.75) is 83.8 Å². The van der Waals surface area contributed by atoms with Gasteiger partial charge in [-0.25, -0.2) is 4.98 Å². The lowest BCUT2D eigenvalue weighted by atomic mass is 9.49. The minimum atomic E-state index is -0.459. The van der Waals surface area contributed by atoms with Gasteiger partial charge in [0.05, 0.1) is 23.5 Å². The van der Waals surface area contributed by atoms with Gasteiger partial charge < -0.3 is 5.11 Å². The molecule has 2 aromatic heterocycles. The number of ketones is 1. The van der Waals surface area contributed by atoms with E-state index in [1.807, 2.05) is 11.6 Å². The van der Waals surface area contributed by atoms with E-state index in [2.05, 4.69) is 17.0 Å². The standard InChI is InChI=1S/C27H36ClN3O2/c1-26(33)9-7-18-16(12-26)3-4-20-19(18)8-10-27(2)21(20)5-6-22(27)24(32)15-31-23-14-29-25(28)11-17(23)13-30-31/h11,13-14,16,18-22,33H,3-10,12,15H2,1-2H3. The Morgan fingerprint density at radius 2 is 1.91 bits per heavy atom. The fourth-order valence-corrected chi connectivity index (χ4v) is 9.11. The SMILES string of the molecule is CC1(O)CCC2C(CCC3C2CCC2(C)C(C(=O)Cn4ncc5cc(Cl)ncc54)CCC32)C1. The zero-order valence-electron chi connectivity index (χ0n) is 19.8. The van der Waals surface area contributed by atoms with Crippen molar-refractivity contribution in [2.75, 3.05) is 0 Å². The second kappa shape index (κ2) is 7.78. The molecule has 178 valence electrons. The number of aliphatic hydroxyl groups is 1. The summed E-state index contributed by atoms with van der Waals surface area (Å²) in [6.07, 6.45) is 13.8. The van der Waals surface area contributed by atoms with E-state index in [0.717, 1.165) is 47.9 Å². The predicted octanol–water partition coefficient (Wildman–Crippen LogP) is 5.67. The number of nitrogens with zero attached hydrogens (tertiary/aromatic N) is 3. The molecule has 4 fully saturated rings. The molecule has 8 atom stereocenters. The maximum atomic E-state index is 13.6. The Bertz CT molecular complexity index is 1080. The summed E-state index contributed by atoms with van der Waals surface area (Å²) < 4.78 is 1.81. The molecule has 0 bridgehead atoms. The van der Waals surface area contributed by atoms with Crippen LogP contribution in [0.1, 0.15) is 71.6 Å². The van der Waals surface area contributed by atoms with E-state index in [1.54, 1.807) is 18.5 Å². The number of Topliss-reactive ketones (excluding diaryl/α,β-unsaturated/α-hetero) is 1. The normalized spacial score (nSPS) is 42.5. The quantitative estimate of drug-likeness (QED) is 0.587. The molecule has 0 aromatic carbocycles. The zero-order valence-corrected chi connectivity index (χ0v) is 20.6. The van der Waals surface area contributed by atoms with Crippen LogP contribution in [0.4, 0.5) is 0 Å². The lowest BCUT2D eigenvalue weighted by Crippen LogP contribution is -2.51. The van der Waals surface area contributed by atoms with Gasteiger partial charge in [-0.05, 0) is 106 Å². The third-order valence-corrected chi connectivity index (χ3v) is 10.6. The van der Waals surface area contributed by atoms with Crippen molar-refractivity contribution in [2.24, 2.45) is 40.9 Å². The molecule has 1 N–H and O–H groups in total. The summed E-state index contributed by atoms with van der Waals surface area (Å²) in [5, 5.41) is 16.5. The molecule has 33 heavy (non-hydrogen) atoms. The van der Waals surface area contributed by atoms with Crippen molar-refractivity contribution in [3.05, 3.63) is 23.6 Å². The maximum Gasteiger partial charge on any atom is 0.157 e. The molecule has 2 aromatic rings. The topological polar surface area (TPSA) is 68.0 Å². The molecule has 4 aliphatic rings. The summed E-state index contributed by atoms with van der Waals surface area (Å²) >= 11 is 6.02. The van der Waals surface area contributed by atoms with E-state index in [-0.39, 0.29) is 11.3 Å². The fourth-order valence-electron chi connectivity index (χ4n) is 8.94. The molecule has 4 saturated carbocycles. The van der Waals surface area contributed by atoms with E-state index < -0.39 is 5.60 Å². The maximum absolute atomic E-state index is 13.6. The molecule has 6 heteroatoms. The molecule has 0 saturated heterocycles. The van der Waals surface area contributed by atoms with Crippen LogP contribution in [-0.2, 0) is 11.3 Å². The number of halogens is 1. The zero-order chi connectivity index (χ0) is 23.0. The van der Waals surface area contributed by atoms with E-state index in [4.69, 9.17) is 11.6 Å². The minimum absolute atomic E-state index is 0.121. The average molecular weight is 470 g/mol. The van der Waals surface area contributed by atoms with Gasteiger partial charge in [-0.15, -0.1) is 0 Å².